The standard InChI is InChI=1S/C14H21BrN2O.ClH/c1-11(17-14(18)8-5-9-16-2)10-12-6-3-4-7-13(12)15;/h3-4,6-7,11,16H,5,8-10H2,1-2H3,(H,17,18);1H. The second-order valence-electron chi connectivity index (χ2n) is 4.47. The molecule has 1 amide bonds. The Hall–Kier alpha value is -0.580. The molecule has 0 aliphatic heterocycles. The van der Waals surface area contributed by atoms with Gasteiger partial charge in [-0.3, -0.25) is 4.79 Å². The molecule has 19 heavy (non-hydrogen) atoms. The lowest BCUT2D eigenvalue weighted by molar-refractivity contribution is -0.121. The van der Waals surface area contributed by atoms with E-state index in [-0.39, 0.29) is 24.4 Å². The molecule has 1 unspecified atom stereocenters. The van der Waals surface area contributed by atoms with Crippen molar-refractivity contribution in [3.63, 3.8) is 0 Å². The highest BCUT2D eigenvalue weighted by Gasteiger charge is 2.09. The first-order valence-electron chi connectivity index (χ1n) is 6.31. The van der Waals surface area contributed by atoms with Gasteiger partial charge in [-0.15, -0.1) is 12.4 Å². The predicted octanol–water partition coefficient (Wildman–Crippen LogP) is 2.92. The summed E-state index contributed by atoms with van der Waals surface area (Å²) in [7, 11) is 1.90. The number of amides is 1. The molecule has 3 nitrogen and oxygen atoms in total. The Morgan fingerprint density at radius 1 is 1.37 bits per heavy atom. The molecule has 5 heteroatoms. The predicted molar refractivity (Wildman–Crippen MR) is 85.9 cm³/mol. The molecule has 1 atom stereocenters. The van der Waals surface area contributed by atoms with Crippen LogP contribution in [0.25, 0.3) is 0 Å². The number of benzene rings is 1. The van der Waals surface area contributed by atoms with E-state index in [0.717, 1.165) is 23.9 Å². The molecule has 1 rings (SSSR count). The highest BCUT2D eigenvalue weighted by Crippen LogP contribution is 2.17. The fourth-order valence-corrected chi connectivity index (χ4v) is 2.26. The highest BCUT2D eigenvalue weighted by molar-refractivity contribution is 9.10. The van der Waals surface area contributed by atoms with Gasteiger partial charge in [-0.25, -0.2) is 0 Å². The fraction of sp³-hybridized carbons (Fsp3) is 0.500. The zero-order valence-corrected chi connectivity index (χ0v) is 13.8. The van der Waals surface area contributed by atoms with Gasteiger partial charge in [0.05, 0.1) is 0 Å². The van der Waals surface area contributed by atoms with Crippen LogP contribution in [-0.4, -0.2) is 25.5 Å². The normalized spacial score (nSPS) is 11.5. The third kappa shape index (κ3) is 7.55. The largest absolute Gasteiger partial charge is 0.353 e. The van der Waals surface area contributed by atoms with E-state index in [2.05, 4.69) is 32.6 Å². The van der Waals surface area contributed by atoms with Crippen molar-refractivity contribution in [1.82, 2.24) is 10.6 Å². The summed E-state index contributed by atoms with van der Waals surface area (Å²) in [4.78, 5) is 11.7. The molecule has 0 aliphatic carbocycles. The van der Waals surface area contributed by atoms with Gasteiger partial charge in [-0.2, -0.15) is 0 Å². The van der Waals surface area contributed by atoms with Crippen LogP contribution in [0.1, 0.15) is 25.3 Å². The number of carbonyl (C=O) groups excluding carboxylic acids is 1. The van der Waals surface area contributed by atoms with Crippen molar-refractivity contribution in [2.45, 2.75) is 32.2 Å². The van der Waals surface area contributed by atoms with Crippen LogP contribution in [0.15, 0.2) is 28.7 Å². The summed E-state index contributed by atoms with van der Waals surface area (Å²) in [5.41, 5.74) is 1.22. The average molecular weight is 350 g/mol. The van der Waals surface area contributed by atoms with Gasteiger partial charge in [-0.05, 0) is 45.0 Å². The smallest absolute Gasteiger partial charge is 0.220 e. The number of hydrogen-bond acceptors (Lipinski definition) is 2. The van der Waals surface area contributed by atoms with E-state index >= 15 is 0 Å². The van der Waals surface area contributed by atoms with Crippen LogP contribution >= 0.6 is 28.3 Å². The minimum atomic E-state index is 0. The van der Waals surface area contributed by atoms with Crippen molar-refractivity contribution in [2.24, 2.45) is 0 Å². The Bertz CT molecular complexity index is 387. The summed E-state index contributed by atoms with van der Waals surface area (Å²) in [6.45, 7) is 2.92. The van der Waals surface area contributed by atoms with Crippen molar-refractivity contribution in [1.29, 1.82) is 0 Å². The van der Waals surface area contributed by atoms with Crippen molar-refractivity contribution < 1.29 is 4.79 Å². The molecule has 0 saturated heterocycles. The molecule has 0 heterocycles. The van der Waals surface area contributed by atoms with Gasteiger partial charge in [-0.1, -0.05) is 34.1 Å². The Morgan fingerprint density at radius 2 is 2.05 bits per heavy atom. The van der Waals surface area contributed by atoms with Crippen LogP contribution in [-0.2, 0) is 11.2 Å². The lowest BCUT2D eigenvalue weighted by Crippen LogP contribution is -2.34. The number of nitrogens with one attached hydrogen (secondary N) is 2. The van der Waals surface area contributed by atoms with Crippen molar-refractivity contribution in [3.8, 4) is 0 Å². The number of carbonyl (C=O) groups is 1. The first-order valence-corrected chi connectivity index (χ1v) is 7.10. The zero-order chi connectivity index (χ0) is 13.4. The molecular formula is C14H22BrClN2O. The summed E-state index contributed by atoms with van der Waals surface area (Å²) in [5.74, 6) is 0.129. The Kier molecular flexibility index (Phi) is 9.92. The summed E-state index contributed by atoms with van der Waals surface area (Å²) in [6.07, 6.45) is 2.31. The summed E-state index contributed by atoms with van der Waals surface area (Å²) in [5, 5.41) is 6.06. The van der Waals surface area contributed by atoms with Crippen LogP contribution in [0, 0.1) is 0 Å². The van der Waals surface area contributed by atoms with Crippen LogP contribution < -0.4 is 10.6 Å². The maximum absolute atomic E-state index is 11.7. The maximum atomic E-state index is 11.7. The second kappa shape index (κ2) is 10.2. The Morgan fingerprint density at radius 3 is 2.68 bits per heavy atom. The van der Waals surface area contributed by atoms with E-state index in [1.165, 1.54) is 5.56 Å². The van der Waals surface area contributed by atoms with Crippen molar-refractivity contribution >= 4 is 34.2 Å². The van der Waals surface area contributed by atoms with Gasteiger partial charge in [0, 0.05) is 16.9 Å². The first kappa shape index (κ1) is 18.4. The summed E-state index contributed by atoms with van der Waals surface area (Å²) in [6, 6.07) is 8.27. The van der Waals surface area contributed by atoms with Crippen LogP contribution in [0.3, 0.4) is 0 Å². The van der Waals surface area contributed by atoms with Crippen LogP contribution in [0.2, 0.25) is 0 Å². The van der Waals surface area contributed by atoms with E-state index in [1.807, 2.05) is 32.2 Å². The van der Waals surface area contributed by atoms with Crippen molar-refractivity contribution in [2.75, 3.05) is 13.6 Å². The molecule has 0 saturated carbocycles. The Balaban J connectivity index is 0.00000324. The van der Waals surface area contributed by atoms with E-state index in [9.17, 15) is 4.79 Å². The third-order valence-corrected chi connectivity index (χ3v) is 3.50. The van der Waals surface area contributed by atoms with Crippen LogP contribution in [0.5, 0.6) is 0 Å². The van der Waals surface area contributed by atoms with Gasteiger partial charge in [0.2, 0.25) is 5.91 Å². The molecule has 1 aromatic rings. The first-order chi connectivity index (χ1) is 8.63. The second-order valence-corrected chi connectivity index (χ2v) is 5.33. The minimum Gasteiger partial charge on any atom is -0.353 e. The molecule has 0 radical (unpaired) electrons. The molecule has 108 valence electrons. The quantitative estimate of drug-likeness (QED) is 0.743. The third-order valence-electron chi connectivity index (χ3n) is 2.72. The molecule has 0 spiro atoms. The SMILES string of the molecule is CNCCCC(=O)NC(C)Cc1ccccc1Br.Cl. The topological polar surface area (TPSA) is 41.1 Å². The van der Waals surface area contributed by atoms with Gasteiger partial charge < -0.3 is 10.6 Å². The minimum absolute atomic E-state index is 0. The van der Waals surface area contributed by atoms with Gasteiger partial charge in [0.25, 0.3) is 0 Å². The number of halogens is 2. The fourth-order valence-electron chi connectivity index (χ4n) is 1.82. The summed E-state index contributed by atoms with van der Waals surface area (Å²) >= 11 is 3.52. The van der Waals surface area contributed by atoms with Crippen LogP contribution in [0.4, 0.5) is 0 Å². The molecule has 0 aromatic heterocycles. The summed E-state index contributed by atoms with van der Waals surface area (Å²) < 4.78 is 1.10. The maximum Gasteiger partial charge on any atom is 0.220 e. The molecule has 1 aromatic carbocycles. The molecule has 0 fully saturated rings. The van der Waals surface area contributed by atoms with Gasteiger partial charge in [0.15, 0.2) is 0 Å². The van der Waals surface area contributed by atoms with Gasteiger partial charge in [0.1, 0.15) is 0 Å². The number of hydrogen-bond donors (Lipinski definition) is 2. The number of rotatable bonds is 7. The molecule has 2 N–H and O–H groups in total. The highest BCUT2D eigenvalue weighted by atomic mass is 79.9. The molecule has 0 bridgehead atoms. The lowest BCUT2D eigenvalue weighted by Gasteiger charge is -2.15. The molecular weight excluding hydrogens is 328 g/mol. The monoisotopic (exact) mass is 348 g/mol. The lowest BCUT2D eigenvalue weighted by atomic mass is 10.1. The van der Waals surface area contributed by atoms with E-state index in [0.29, 0.717) is 6.42 Å². The van der Waals surface area contributed by atoms with Gasteiger partial charge >= 0.3 is 0 Å². The van der Waals surface area contributed by atoms with E-state index in [1.54, 1.807) is 0 Å². The molecule has 0 aliphatic rings. The van der Waals surface area contributed by atoms with E-state index < -0.39 is 0 Å². The van der Waals surface area contributed by atoms with Crippen molar-refractivity contribution in [3.05, 3.63) is 34.3 Å². The Labute approximate surface area is 130 Å². The average Bonchev–Trinajstić information content (AvgIpc) is 2.32. The zero-order valence-electron chi connectivity index (χ0n) is 11.4. The van der Waals surface area contributed by atoms with E-state index in [4.69, 9.17) is 0 Å².